The predicted molar refractivity (Wildman–Crippen MR) is 93.9 cm³/mol. The van der Waals surface area contributed by atoms with Gasteiger partial charge in [-0.25, -0.2) is 4.79 Å². The van der Waals surface area contributed by atoms with Crippen LogP contribution < -0.4 is 0 Å². The molecule has 1 heterocycles. The molecule has 0 saturated carbocycles. The van der Waals surface area contributed by atoms with Crippen LogP contribution in [0.1, 0.15) is 43.0 Å². The first kappa shape index (κ1) is 16.5. The van der Waals surface area contributed by atoms with Crippen LogP contribution in [0.3, 0.4) is 0 Å². The fourth-order valence-electron chi connectivity index (χ4n) is 3.14. The van der Waals surface area contributed by atoms with Crippen LogP contribution in [-0.2, 0) is 9.53 Å². The van der Waals surface area contributed by atoms with E-state index in [1.54, 1.807) is 19.1 Å². The number of carbonyl (C=O) groups is 2. The van der Waals surface area contributed by atoms with Gasteiger partial charge in [0.05, 0.1) is 5.56 Å². The minimum Gasteiger partial charge on any atom is -0.449 e. The first-order valence-electron chi connectivity index (χ1n) is 8.64. The lowest BCUT2D eigenvalue weighted by Gasteiger charge is -2.24. The van der Waals surface area contributed by atoms with Crippen LogP contribution in [0.5, 0.6) is 0 Å². The van der Waals surface area contributed by atoms with Crippen LogP contribution >= 0.6 is 0 Å². The van der Waals surface area contributed by atoms with Crippen molar-refractivity contribution >= 4 is 22.6 Å². The molecular formula is C20H23NO3. The normalized spacial score (nSPS) is 16.5. The van der Waals surface area contributed by atoms with Gasteiger partial charge in [0.2, 0.25) is 0 Å². The zero-order valence-corrected chi connectivity index (χ0v) is 14.0. The fraction of sp³-hybridized carbons (Fsp3) is 0.400. The molecule has 126 valence electrons. The van der Waals surface area contributed by atoms with Gasteiger partial charge in [-0.05, 0) is 42.7 Å². The molecule has 0 N–H and O–H groups in total. The number of carbonyl (C=O) groups excluding carboxylic acids is 2. The molecule has 1 saturated heterocycles. The van der Waals surface area contributed by atoms with E-state index in [0.717, 1.165) is 49.5 Å². The molecule has 4 heteroatoms. The van der Waals surface area contributed by atoms with Crippen molar-refractivity contribution in [2.75, 3.05) is 13.1 Å². The molecule has 2 aromatic rings. The van der Waals surface area contributed by atoms with E-state index in [1.165, 1.54) is 0 Å². The van der Waals surface area contributed by atoms with Gasteiger partial charge in [0.25, 0.3) is 5.91 Å². The van der Waals surface area contributed by atoms with Gasteiger partial charge in [-0.1, -0.05) is 43.2 Å². The van der Waals surface area contributed by atoms with Crippen LogP contribution in [0, 0.1) is 0 Å². The molecule has 0 aliphatic carbocycles. The fourth-order valence-corrected chi connectivity index (χ4v) is 3.14. The number of benzene rings is 2. The summed E-state index contributed by atoms with van der Waals surface area (Å²) >= 11 is 0. The highest BCUT2D eigenvalue weighted by atomic mass is 16.5. The van der Waals surface area contributed by atoms with E-state index in [0.29, 0.717) is 5.56 Å². The lowest BCUT2D eigenvalue weighted by atomic mass is 10.1. The molecule has 0 spiro atoms. The Morgan fingerprint density at radius 2 is 1.62 bits per heavy atom. The van der Waals surface area contributed by atoms with Gasteiger partial charge in [-0.3, -0.25) is 4.79 Å². The predicted octanol–water partition coefficient (Wildman–Crippen LogP) is 3.79. The maximum Gasteiger partial charge on any atom is 0.338 e. The van der Waals surface area contributed by atoms with Gasteiger partial charge in [0.1, 0.15) is 0 Å². The zero-order valence-electron chi connectivity index (χ0n) is 14.0. The van der Waals surface area contributed by atoms with Crippen molar-refractivity contribution in [1.82, 2.24) is 4.90 Å². The third-order valence-electron chi connectivity index (χ3n) is 4.53. The van der Waals surface area contributed by atoms with E-state index in [2.05, 4.69) is 0 Å². The quantitative estimate of drug-likeness (QED) is 0.807. The molecule has 1 aliphatic rings. The summed E-state index contributed by atoms with van der Waals surface area (Å²) in [7, 11) is 0. The van der Waals surface area contributed by atoms with Gasteiger partial charge in [0, 0.05) is 13.1 Å². The van der Waals surface area contributed by atoms with Crippen molar-refractivity contribution in [1.29, 1.82) is 0 Å². The van der Waals surface area contributed by atoms with E-state index in [-0.39, 0.29) is 5.91 Å². The Hall–Kier alpha value is -2.36. The molecule has 1 fully saturated rings. The SMILES string of the molecule is CC(OC(=O)c1ccc2ccccc2c1)C(=O)N1CCCCCC1. The first-order valence-corrected chi connectivity index (χ1v) is 8.64. The van der Waals surface area contributed by atoms with Gasteiger partial charge in [-0.15, -0.1) is 0 Å². The standard InChI is InChI=1S/C20H23NO3/c1-15(19(22)21-12-6-2-3-7-13-21)24-20(23)18-11-10-16-8-4-5-9-17(16)14-18/h4-5,8-11,14-15H,2-3,6-7,12-13H2,1H3. The summed E-state index contributed by atoms with van der Waals surface area (Å²) < 4.78 is 5.41. The number of amides is 1. The summed E-state index contributed by atoms with van der Waals surface area (Å²) in [4.78, 5) is 26.7. The molecule has 4 nitrogen and oxygen atoms in total. The summed E-state index contributed by atoms with van der Waals surface area (Å²) in [5.74, 6) is -0.539. The molecule has 1 atom stereocenters. The van der Waals surface area contributed by atoms with E-state index < -0.39 is 12.1 Å². The highest BCUT2D eigenvalue weighted by molar-refractivity contribution is 5.96. The Morgan fingerprint density at radius 1 is 0.958 bits per heavy atom. The van der Waals surface area contributed by atoms with Gasteiger partial charge in [-0.2, -0.15) is 0 Å². The largest absolute Gasteiger partial charge is 0.449 e. The number of esters is 1. The maximum absolute atomic E-state index is 12.5. The molecule has 0 radical (unpaired) electrons. The highest BCUT2D eigenvalue weighted by Crippen LogP contribution is 2.17. The Kier molecular flexibility index (Phi) is 5.14. The Bertz CT molecular complexity index is 732. The number of nitrogens with zero attached hydrogens (tertiary/aromatic N) is 1. The van der Waals surface area contributed by atoms with E-state index >= 15 is 0 Å². The monoisotopic (exact) mass is 325 g/mol. The van der Waals surface area contributed by atoms with Crippen molar-refractivity contribution in [3.05, 3.63) is 48.0 Å². The maximum atomic E-state index is 12.5. The summed E-state index contributed by atoms with van der Waals surface area (Å²) in [6.07, 6.45) is 3.63. The number of likely N-dealkylation sites (tertiary alicyclic amines) is 1. The minimum atomic E-state index is -0.748. The summed E-state index contributed by atoms with van der Waals surface area (Å²) in [6.45, 7) is 3.18. The molecule has 1 unspecified atom stereocenters. The molecule has 1 amide bonds. The Labute approximate surface area is 142 Å². The molecular weight excluding hydrogens is 302 g/mol. The van der Waals surface area contributed by atoms with Crippen molar-refractivity contribution in [2.45, 2.75) is 38.7 Å². The Balaban J connectivity index is 1.67. The van der Waals surface area contributed by atoms with Crippen molar-refractivity contribution < 1.29 is 14.3 Å². The second-order valence-electron chi connectivity index (χ2n) is 6.35. The molecule has 24 heavy (non-hydrogen) atoms. The van der Waals surface area contributed by atoms with Gasteiger partial charge < -0.3 is 9.64 Å². The molecule has 2 aromatic carbocycles. The number of hydrogen-bond acceptors (Lipinski definition) is 3. The lowest BCUT2D eigenvalue weighted by molar-refractivity contribution is -0.139. The first-order chi connectivity index (χ1) is 11.6. The van der Waals surface area contributed by atoms with Gasteiger partial charge >= 0.3 is 5.97 Å². The van der Waals surface area contributed by atoms with Crippen LogP contribution in [0.15, 0.2) is 42.5 Å². The third-order valence-corrected chi connectivity index (χ3v) is 4.53. The van der Waals surface area contributed by atoms with Crippen LogP contribution in [-0.4, -0.2) is 36.0 Å². The smallest absolute Gasteiger partial charge is 0.338 e. The summed E-state index contributed by atoms with van der Waals surface area (Å²) in [6, 6.07) is 13.3. The molecule has 0 bridgehead atoms. The minimum absolute atomic E-state index is 0.0916. The number of hydrogen-bond donors (Lipinski definition) is 0. The number of fused-ring (bicyclic) bond motifs is 1. The van der Waals surface area contributed by atoms with E-state index in [4.69, 9.17) is 4.74 Å². The Morgan fingerprint density at radius 3 is 2.33 bits per heavy atom. The van der Waals surface area contributed by atoms with Crippen molar-refractivity contribution in [3.63, 3.8) is 0 Å². The van der Waals surface area contributed by atoms with E-state index in [9.17, 15) is 9.59 Å². The second kappa shape index (κ2) is 7.47. The summed E-state index contributed by atoms with van der Waals surface area (Å²) in [5.41, 5.74) is 0.476. The topological polar surface area (TPSA) is 46.6 Å². The average molecular weight is 325 g/mol. The van der Waals surface area contributed by atoms with Crippen molar-refractivity contribution in [2.24, 2.45) is 0 Å². The van der Waals surface area contributed by atoms with Crippen LogP contribution in [0.4, 0.5) is 0 Å². The molecule has 3 rings (SSSR count). The second-order valence-corrected chi connectivity index (χ2v) is 6.35. The average Bonchev–Trinajstić information content (AvgIpc) is 2.89. The van der Waals surface area contributed by atoms with Crippen LogP contribution in [0.25, 0.3) is 10.8 Å². The van der Waals surface area contributed by atoms with E-state index in [1.807, 2.05) is 35.2 Å². The zero-order chi connectivity index (χ0) is 16.9. The highest BCUT2D eigenvalue weighted by Gasteiger charge is 2.24. The number of ether oxygens (including phenoxy) is 1. The third kappa shape index (κ3) is 3.75. The molecule has 1 aliphatic heterocycles. The summed E-state index contributed by atoms with van der Waals surface area (Å²) in [5, 5.41) is 2.06. The van der Waals surface area contributed by atoms with Crippen molar-refractivity contribution in [3.8, 4) is 0 Å². The molecule has 0 aromatic heterocycles. The lowest BCUT2D eigenvalue weighted by Crippen LogP contribution is -2.40. The van der Waals surface area contributed by atoms with Gasteiger partial charge in [0.15, 0.2) is 6.10 Å². The van der Waals surface area contributed by atoms with Crippen LogP contribution in [0.2, 0.25) is 0 Å². The number of rotatable bonds is 3.